The number of ether oxygens (including phenoxy) is 1. The third-order valence-electron chi connectivity index (χ3n) is 3.58. The first-order valence-corrected chi connectivity index (χ1v) is 7.26. The zero-order chi connectivity index (χ0) is 16.8. The molecule has 2 rings (SSSR count). The lowest BCUT2D eigenvalue weighted by molar-refractivity contribution is 0.0634. The summed E-state index contributed by atoms with van der Waals surface area (Å²) in [7, 11) is 0. The Morgan fingerprint density at radius 1 is 1.45 bits per heavy atom. The maximum Gasteiger partial charge on any atom is 0.412 e. The highest BCUT2D eigenvalue weighted by Gasteiger charge is 2.71. The van der Waals surface area contributed by atoms with E-state index in [0.29, 0.717) is 5.02 Å². The van der Waals surface area contributed by atoms with E-state index in [1.54, 1.807) is 20.8 Å². The normalized spacial score (nSPS) is 23.0. The van der Waals surface area contributed by atoms with Gasteiger partial charge in [-0.1, -0.05) is 17.7 Å². The molecule has 4 nitrogen and oxygen atoms in total. The lowest BCUT2D eigenvalue weighted by Crippen LogP contribution is -2.30. The van der Waals surface area contributed by atoms with Crippen LogP contribution >= 0.6 is 11.6 Å². The van der Waals surface area contributed by atoms with Crippen molar-refractivity contribution in [2.75, 3.05) is 11.9 Å². The molecule has 0 aromatic heterocycles. The molecule has 1 aromatic rings. The molecular weight excluding hydrogens is 314 g/mol. The molecule has 1 unspecified atom stereocenters. The Morgan fingerprint density at radius 2 is 2.05 bits per heavy atom. The Balaban J connectivity index is 2.32. The topological polar surface area (TPSA) is 64.3 Å². The lowest BCUT2D eigenvalue weighted by Gasteiger charge is -2.22. The van der Waals surface area contributed by atoms with E-state index in [-0.39, 0.29) is 24.2 Å². The van der Waals surface area contributed by atoms with E-state index in [1.807, 2.05) is 0 Å². The van der Waals surface area contributed by atoms with Crippen LogP contribution in [0.2, 0.25) is 5.02 Å². The smallest absolute Gasteiger partial charge is 0.412 e. The van der Waals surface area contributed by atoms with Crippen molar-refractivity contribution in [2.24, 2.45) is 5.73 Å². The fraction of sp³-hybridized carbons (Fsp3) is 0.533. The van der Waals surface area contributed by atoms with Crippen LogP contribution in [0.5, 0.6) is 0 Å². The monoisotopic (exact) mass is 332 g/mol. The summed E-state index contributed by atoms with van der Waals surface area (Å²) in [4.78, 5) is 11.9. The quantitative estimate of drug-likeness (QED) is 0.881. The minimum Gasteiger partial charge on any atom is -0.444 e. The van der Waals surface area contributed by atoms with Crippen molar-refractivity contribution >= 4 is 23.4 Å². The average Bonchev–Trinajstić information content (AvgIpc) is 2.90. The van der Waals surface area contributed by atoms with Gasteiger partial charge >= 0.3 is 6.09 Å². The minimum absolute atomic E-state index is 0.198. The molecule has 1 amide bonds. The zero-order valence-corrected chi connectivity index (χ0v) is 13.4. The summed E-state index contributed by atoms with van der Waals surface area (Å²) in [6.07, 6.45) is -1.08. The van der Waals surface area contributed by atoms with Crippen LogP contribution in [0.3, 0.4) is 0 Å². The maximum atomic E-state index is 13.8. The van der Waals surface area contributed by atoms with Gasteiger partial charge in [0.05, 0.1) is 5.41 Å². The third-order valence-corrected chi connectivity index (χ3v) is 3.82. The number of nitrogens with one attached hydrogen (secondary N) is 1. The fourth-order valence-electron chi connectivity index (χ4n) is 2.41. The van der Waals surface area contributed by atoms with Crippen molar-refractivity contribution < 1.29 is 18.3 Å². The van der Waals surface area contributed by atoms with E-state index in [0.717, 1.165) is 0 Å². The molecule has 1 fully saturated rings. The highest BCUT2D eigenvalue weighted by molar-refractivity contribution is 6.31. The Morgan fingerprint density at radius 3 is 2.50 bits per heavy atom. The molecule has 0 saturated heterocycles. The van der Waals surface area contributed by atoms with Crippen LogP contribution in [0.15, 0.2) is 18.2 Å². The first-order chi connectivity index (χ1) is 10.0. The lowest BCUT2D eigenvalue weighted by atomic mass is 9.93. The van der Waals surface area contributed by atoms with Gasteiger partial charge in [-0.05, 0) is 38.5 Å². The van der Waals surface area contributed by atoms with Crippen LogP contribution in [0, 0.1) is 0 Å². The van der Waals surface area contributed by atoms with Crippen molar-refractivity contribution in [3.8, 4) is 0 Å². The molecule has 1 saturated carbocycles. The Kier molecular flexibility index (Phi) is 4.13. The molecule has 122 valence electrons. The van der Waals surface area contributed by atoms with Crippen LogP contribution in [0.25, 0.3) is 0 Å². The van der Waals surface area contributed by atoms with Crippen molar-refractivity contribution in [1.29, 1.82) is 0 Å². The summed E-state index contributed by atoms with van der Waals surface area (Å²) in [6, 6.07) is 4.40. The number of alkyl halides is 2. The first kappa shape index (κ1) is 17.0. The summed E-state index contributed by atoms with van der Waals surface area (Å²) >= 11 is 5.91. The Labute approximate surface area is 133 Å². The number of carbonyl (C=O) groups excluding carboxylic acids is 1. The van der Waals surface area contributed by atoms with Gasteiger partial charge in [0, 0.05) is 23.7 Å². The standard InChI is InChI=1S/C15H19ClF2N2O2/c1-13(2,3)22-12(21)20-11-6-9(16)4-5-10(11)14(8-19)7-15(14,17)18/h4-6H,7-8,19H2,1-3H3,(H,20,21). The number of anilines is 1. The number of benzene rings is 1. The maximum absolute atomic E-state index is 13.8. The predicted octanol–water partition coefficient (Wildman–Crippen LogP) is 3.92. The van der Waals surface area contributed by atoms with E-state index in [2.05, 4.69) is 5.32 Å². The molecule has 1 aliphatic rings. The molecule has 22 heavy (non-hydrogen) atoms. The molecule has 1 atom stereocenters. The second kappa shape index (κ2) is 5.35. The van der Waals surface area contributed by atoms with E-state index < -0.39 is 23.0 Å². The minimum atomic E-state index is -2.89. The number of halogens is 3. The first-order valence-electron chi connectivity index (χ1n) is 6.89. The molecular formula is C15H19ClF2N2O2. The average molecular weight is 333 g/mol. The summed E-state index contributed by atoms with van der Waals surface area (Å²) in [5.41, 5.74) is 3.88. The summed E-state index contributed by atoms with van der Waals surface area (Å²) < 4.78 is 32.7. The largest absolute Gasteiger partial charge is 0.444 e. The number of amides is 1. The highest BCUT2D eigenvalue weighted by Crippen LogP contribution is 2.62. The SMILES string of the molecule is CC(C)(C)OC(=O)Nc1cc(Cl)ccc1C1(CN)CC1(F)F. The van der Waals surface area contributed by atoms with Gasteiger partial charge in [-0.2, -0.15) is 0 Å². The second-order valence-corrected chi connectivity index (χ2v) is 6.92. The van der Waals surface area contributed by atoms with Gasteiger partial charge in [-0.3, -0.25) is 5.32 Å². The van der Waals surface area contributed by atoms with E-state index in [4.69, 9.17) is 22.1 Å². The van der Waals surface area contributed by atoms with E-state index in [9.17, 15) is 13.6 Å². The van der Waals surface area contributed by atoms with Gasteiger partial charge in [-0.25, -0.2) is 13.6 Å². The van der Waals surface area contributed by atoms with Gasteiger partial charge in [0.15, 0.2) is 0 Å². The molecule has 1 aliphatic carbocycles. The zero-order valence-electron chi connectivity index (χ0n) is 12.7. The molecule has 1 aromatic carbocycles. The van der Waals surface area contributed by atoms with Crippen molar-refractivity contribution in [1.82, 2.24) is 0 Å². The van der Waals surface area contributed by atoms with Crippen molar-refractivity contribution in [3.05, 3.63) is 28.8 Å². The van der Waals surface area contributed by atoms with Gasteiger partial charge in [-0.15, -0.1) is 0 Å². The van der Waals surface area contributed by atoms with Gasteiger partial charge in [0.1, 0.15) is 5.60 Å². The highest BCUT2D eigenvalue weighted by atomic mass is 35.5. The third kappa shape index (κ3) is 3.17. The molecule has 3 N–H and O–H groups in total. The van der Waals surface area contributed by atoms with Crippen LogP contribution in [0.1, 0.15) is 32.8 Å². The van der Waals surface area contributed by atoms with Gasteiger partial charge in [0.2, 0.25) is 0 Å². The van der Waals surface area contributed by atoms with E-state index in [1.165, 1.54) is 18.2 Å². The molecule has 0 spiro atoms. The van der Waals surface area contributed by atoms with Crippen molar-refractivity contribution in [3.63, 3.8) is 0 Å². The summed E-state index contributed by atoms with van der Waals surface area (Å²) in [6.45, 7) is 4.91. The second-order valence-electron chi connectivity index (χ2n) is 6.48. The number of carbonyl (C=O) groups is 1. The molecule has 7 heteroatoms. The predicted molar refractivity (Wildman–Crippen MR) is 81.6 cm³/mol. The van der Waals surface area contributed by atoms with Gasteiger partial charge in [0.25, 0.3) is 5.92 Å². The molecule has 0 bridgehead atoms. The number of hydrogen-bond acceptors (Lipinski definition) is 3. The fourth-order valence-corrected chi connectivity index (χ4v) is 2.58. The van der Waals surface area contributed by atoms with Crippen molar-refractivity contribution in [2.45, 2.75) is 44.1 Å². The number of hydrogen-bond donors (Lipinski definition) is 2. The Hall–Kier alpha value is -1.40. The number of nitrogens with two attached hydrogens (primary N) is 1. The summed E-state index contributed by atoms with van der Waals surface area (Å²) in [5.74, 6) is -2.89. The Bertz CT molecular complexity index is 602. The van der Waals surface area contributed by atoms with Crippen LogP contribution in [0.4, 0.5) is 19.3 Å². The molecule has 0 heterocycles. The molecule has 0 radical (unpaired) electrons. The van der Waals surface area contributed by atoms with Crippen LogP contribution < -0.4 is 11.1 Å². The number of rotatable bonds is 3. The van der Waals surface area contributed by atoms with Crippen LogP contribution in [-0.4, -0.2) is 24.2 Å². The van der Waals surface area contributed by atoms with Crippen LogP contribution in [-0.2, 0) is 10.2 Å². The molecule has 0 aliphatic heterocycles. The van der Waals surface area contributed by atoms with Gasteiger partial charge < -0.3 is 10.5 Å². The summed E-state index contributed by atoms with van der Waals surface area (Å²) in [5, 5.41) is 2.82. The van der Waals surface area contributed by atoms with E-state index >= 15 is 0 Å².